The van der Waals surface area contributed by atoms with Gasteiger partial charge < -0.3 is 23.8 Å². The zero-order valence-corrected chi connectivity index (χ0v) is 15.2. The molecule has 7 heteroatoms. The van der Waals surface area contributed by atoms with Crippen molar-refractivity contribution in [2.75, 3.05) is 21.0 Å². The zero-order chi connectivity index (χ0) is 18.1. The molecular weight excluding hydrogens is 358 g/mol. The van der Waals surface area contributed by atoms with Gasteiger partial charge in [0.25, 0.3) is 0 Å². The fourth-order valence-electron chi connectivity index (χ4n) is 3.19. The Balaban J connectivity index is 1.54. The van der Waals surface area contributed by atoms with Crippen LogP contribution < -0.4 is 18.9 Å². The van der Waals surface area contributed by atoms with Crippen LogP contribution in [0.4, 0.5) is 0 Å². The Morgan fingerprint density at radius 2 is 1.88 bits per heavy atom. The molecule has 0 radical (unpaired) electrons. The van der Waals surface area contributed by atoms with Gasteiger partial charge in [0.05, 0.1) is 19.9 Å². The van der Waals surface area contributed by atoms with Crippen LogP contribution in [-0.2, 0) is 11.3 Å². The molecule has 1 unspecified atom stereocenters. The Bertz CT molecular complexity index is 850. The first-order chi connectivity index (χ1) is 12.7. The van der Waals surface area contributed by atoms with Gasteiger partial charge in [-0.2, -0.15) is 0 Å². The van der Waals surface area contributed by atoms with Crippen molar-refractivity contribution in [2.45, 2.75) is 18.9 Å². The predicted octanol–water partition coefficient (Wildman–Crippen LogP) is 3.82. The van der Waals surface area contributed by atoms with Gasteiger partial charge in [0.1, 0.15) is 6.10 Å². The summed E-state index contributed by atoms with van der Waals surface area (Å²) in [6.45, 7) is 0.148. The Kier molecular flexibility index (Phi) is 4.51. The third-order valence-corrected chi connectivity index (χ3v) is 4.67. The highest BCUT2D eigenvalue weighted by Crippen LogP contribution is 2.50. The molecule has 2 aliphatic heterocycles. The van der Waals surface area contributed by atoms with Gasteiger partial charge in [-0.15, -0.1) is 0 Å². The minimum atomic E-state index is -0.0975. The number of oxime groups is 1. The number of benzene rings is 2. The average Bonchev–Trinajstić information content (AvgIpc) is 3.31. The normalized spacial score (nSPS) is 17.7. The standard InChI is InChI=1S/C19H18ClNO5/c1-22-16-8-12(17(23-2)19-18(16)24-10-25-19)7-14-9-15(21-26-14)11-3-5-13(20)6-4-11/h3-6,8,14H,7,9-10H2,1-2H3. The third kappa shape index (κ3) is 3.01. The van der Waals surface area contributed by atoms with Crippen LogP contribution in [0.1, 0.15) is 17.5 Å². The summed E-state index contributed by atoms with van der Waals surface area (Å²) in [5, 5.41) is 4.93. The highest BCUT2D eigenvalue weighted by molar-refractivity contribution is 6.30. The SMILES string of the molecule is COc1cc(CC2CC(c3ccc(Cl)cc3)=NO2)c(OC)c2c1OCO2. The van der Waals surface area contributed by atoms with Crippen LogP contribution in [-0.4, -0.2) is 32.8 Å². The molecule has 0 aromatic heterocycles. The molecule has 6 nitrogen and oxygen atoms in total. The Hall–Kier alpha value is -2.60. The summed E-state index contributed by atoms with van der Waals surface area (Å²) < 4.78 is 22.0. The molecule has 0 saturated carbocycles. The monoisotopic (exact) mass is 375 g/mol. The van der Waals surface area contributed by atoms with Crippen molar-refractivity contribution < 1.29 is 23.8 Å². The number of hydrogen-bond donors (Lipinski definition) is 0. The summed E-state index contributed by atoms with van der Waals surface area (Å²) >= 11 is 5.94. The van der Waals surface area contributed by atoms with E-state index in [2.05, 4.69) is 5.16 Å². The van der Waals surface area contributed by atoms with Crippen LogP contribution in [0.3, 0.4) is 0 Å². The zero-order valence-electron chi connectivity index (χ0n) is 14.5. The number of ether oxygens (including phenoxy) is 4. The van der Waals surface area contributed by atoms with E-state index in [0.717, 1.165) is 16.8 Å². The maximum atomic E-state index is 5.94. The number of fused-ring (bicyclic) bond motifs is 1. The molecule has 2 aliphatic rings. The minimum absolute atomic E-state index is 0.0975. The molecule has 4 rings (SSSR count). The van der Waals surface area contributed by atoms with Crippen molar-refractivity contribution in [3.8, 4) is 23.0 Å². The third-order valence-electron chi connectivity index (χ3n) is 4.42. The molecule has 0 aliphatic carbocycles. The fourth-order valence-corrected chi connectivity index (χ4v) is 3.31. The van der Waals surface area contributed by atoms with E-state index in [9.17, 15) is 0 Å². The van der Waals surface area contributed by atoms with Crippen LogP contribution in [0.25, 0.3) is 0 Å². The second-order valence-electron chi connectivity index (χ2n) is 6.02. The van der Waals surface area contributed by atoms with Crippen molar-refractivity contribution in [1.29, 1.82) is 0 Å². The first-order valence-electron chi connectivity index (χ1n) is 8.21. The van der Waals surface area contributed by atoms with Crippen molar-refractivity contribution in [3.63, 3.8) is 0 Å². The molecule has 2 heterocycles. The summed E-state index contributed by atoms with van der Waals surface area (Å²) in [5.41, 5.74) is 2.83. The summed E-state index contributed by atoms with van der Waals surface area (Å²) in [5.74, 6) is 2.39. The van der Waals surface area contributed by atoms with E-state index >= 15 is 0 Å². The van der Waals surface area contributed by atoms with E-state index in [-0.39, 0.29) is 12.9 Å². The molecule has 1 atom stereocenters. The molecule has 2 aromatic carbocycles. The van der Waals surface area contributed by atoms with Crippen molar-refractivity contribution in [1.82, 2.24) is 0 Å². The summed E-state index contributed by atoms with van der Waals surface area (Å²) in [4.78, 5) is 5.63. The van der Waals surface area contributed by atoms with Crippen LogP contribution in [0.15, 0.2) is 35.5 Å². The van der Waals surface area contributed by atoms with E-state index in [0.29, 0.717) is 40.9 Å². The molecule has 0 saturated heterocycles. The van der Waals surface area contributed by atoms with Gasteiger partial charge in [0.15, 0.2) is 11.5 Å². The molecule has 26 heavy (non-hydrogen) atoms. The maximum absolute atomic E-state index is 5.94. The van der Waals surface area contributed by atoms with Crippen LogP contribution in [0, 0.1) is 0 Å². The van der Waals surface area contributed by atoms with Crippen molar-refractivity contribution >= 4 is 17.3 Å². The van der Waals surface area contributed by atoms with E-state index in [4.69, 9.17) is 35.4 Å². The Morgan fingerprint density at radius 3 is 2.62 bits per heavy atom. The fraction of sp³-hybridized carbons (Fsp3) is 0.316. The molecular formula is C19H18ClNO5. The van der Waals surface area contributed by atoms with E-state index < -0.39 is 0 Å². The smallest absolute Gasteiger partial charge is 0.231 e. The number of rotatable bonds is 5. The van der Waals surface area contributed by atoms with Crippen molar-refractivity contribution in [3.05, 3.63) is 46.5 Å². The highest BCUT2D eigenvalue weighted by Gasteiger charge is 2.30. The molecule has 0 amide bonds. The maximum Gasteiger partial charge on any atom is 0.231 e. The summed E-state index contributed by atoms with van der Waals surface area (Å²) in [7, 11) is 3.21. The van der Waals surface area contributed by atoms with Crippen LogP contribution in [0.5, 0.6) is 23.0 Å². The van der Waals surface area contributed by atoms with Gasteiger partial charge >= 0.3 is 0 Å². The number of methoxy groups -OCH3 is 2. The van der Waals surface area contributed by atoms with E-state index in [1.54, 1.807) is 14.2 Å². The number of nitrogens with zero attached hydrogens (tertiary/aromatic N) is 1. The van der Waals surface area contributed by atoms with Gasteiger partial charge in [-0.25, -0.2) is 0 Å². The quantitative estimate of drug-likeness (QED) is 0.795. The van der Waals surface area contributed by atoms with Gasteiger partial charge in [-0.1, -0.05) is 28.9 Å². The largest absolute Gasteiger partial charge is 0.493 e. The first-order valence-corrected chi connectivity index (χ1v) is 8.59. The second kappa shape index (κ2) is 6.96. The first kappa shape index (κ1) is 16.8. The highest BCUT2D eigenvalue weighted by atomic mass is 35.5. The lowest BCUT2D eigenvalue weighted by Gasteiger charge is -2.15. The van der Waals surface area contributed by atoms with Gasteiger partial charge in [0.2, 0.25) is 18.3 Å². The second-order valence-corrected chi connectivity index (χ2v) is 6.45. The van der Waals surface area contributed by atoms with E-state index in [1.165, 1.54) is 0 Å². The lowest BCUT2D eigenvalue weighted by atomic mass is 9.99. The predicted molar refractivity (Wildman–Crippen MR) is 96.9 cm³/mol. The summed E-state index contributed by atoms with van der Waals surface area (Å²) in [6, 6.07) is 9.47. The molecule has 0 fully saturated rings. The Morgan fingerprint density at radius 1 is 1.12 bits per heavy atom. The number of hydrogen-bond acceptors (Lipinski definition) is 6. The molecule has 0 spiro atoms. The van der Waals surface area contributed by atoms with Gasteiger partial charge in [-0.05, 0) is 23.8 Å². The van der Waals surface area contributed by atoms with Gasteiger partial charge in [-0.3, -0.25) is 0 Å². The summed E-state index contributed by atoms with van der Waals surface area (Å²) in [6.07, 6.45) is 1.21. The van der Waals surface area contributed by atoms with Crippen LogP contribution >= 0.6 is 11.6 Å². The minimum Gasteiger partial charge on any atom is -0.493 e. The lowest BCUT2D eigenvalue weighted by molar-refractivity contribution is 0.0853. The molecule has 0 bridgehead atoms. The average molecular weight is 376 g/mol. The Labute approximate surface area is 156 Å². The lowest BCUT2D eigenvalue weighted by Crippen LogP contribution is -2.13. The molecule has 136 valence electrons. The van der Waals surface area contributed by atoms with Crippen molar-refractivity contribution in [2.24, 2.45) is 5.16 Å². The molecule has 0 N–H and O–H groups in total. The van der Waals surface area contributed by atoms with Crippen LogP contribution in [0.2, 0.25) is 5.02 Å². The molecule has 2 aromatic rings. The van der Waals surface area contributed by atoms with E-state index in [1.807, 2.05) is 30.3 Å². The topological polar surface area (TPSA) is 58.5 Å². The van der Waals surface area contributed by atoms with Gasteiger partial charge in [0, 0.05) is 23.4 Å². The number of halogens is 1.